The zero-order valence-corrected chi connectivity index (χ0v) is 17.5. The highest BCUT2D eigenvalue weighted by Crippen LogP contribution is 2.64. The van der Waals surface area contributed by atoms with E-state index in [1.54, 1.807) is 0 Å². The van der Waals surface area contributed by atoms with Crippen LogP contribution in [-0.2, 0) is 9.59 Å². The first-order valence-electron chi connectivity index (χ1n) is 11.2. The van der Waals surface area contributed by atoms with Gasteiger partial charge in [-0.1, -0.05) is 18.2 Å². The highest BCUT2D eigenvalue weighted by Gasteiger charge is 2.65. The number of fused-ring (bicyclic) bond motifs is 1. The number of benzene rings is 1. The Morgan fingerprint density at radius 2 is 1.80 bits per heavy atom. The van der Waals surface area contributed by atoms with Crippen molar-refractivity contribution in [2.24, 2.45) is 28.6 Å². The Kier molecular flexibility index (Phi) is 3.57. The number of amides is 1. The molecule has 1 saturated heterocycles. The number of hydrogen-bond donors (Lipinski definition) is 1. The molecule has 5 nitrogen and oxygen atoms in total. The van der Waals surface area contributed by atoms with E-state index in [-0.39, 0.29) is 18.0 Å². The average molecular weight is 405 g/mol. The number of rotatable bonds is 3. The van der Waals surface area contributed by atoms with Gasteiger partial charge in [0.05, 0.1) is 22.4 Å². The molecule has 0 spiro atoms. The molecule has 1 aliphatic heterocycles. The maximum atomic E-state index is 13.4. The van der Waals surface area contributed by atoms with Crippen LogP contribution in [0.15, 0.2) is 36.5 Å². The molecule has 5 heteroatoms. The number of carbonyl (C=O) groups excluding carboxylic acids is 1. The lowest BCUT2D eigenvalue weighted by Gasteiger charge is -2.66. The average Bonchev–Trinajstić information content (AvgIpc) is 2.71. The van der Waals surface area contributed by atoms with Crippen molar-refractivity contribution in [1.29, 1.82) is 0 Å². The Hall–Kier alpha value is -2.43. The van der Waals surface area contributed by atoms with Crippen LogP contribution in [0, 0.1) is 28.6 Å². The van der Waals surface area contributed by atoms with Gasteiger partial charge in [0.15, 0.2) is 0 Å². The maximum absolute atomic E-state index is 13.4. The molecule has 1 aromatic heterocycles. The van der Waals surface area contributed by atoms with E-state index in [4.69, 9.17) is 0 Å². The van der Waals surface area contributed by atoms with Crippen molar-refractivity contribution >= 4 is 22.8 Å². The number of carbonyl (C=O) groups is 2. The molecular formula is C25H28N2O3. The normalized spacial score (nSPS) is 38.7. The molecule has 30 heavy (non-hydrogen) atoms. The number of pyridine rings is 1. The first kappa shape index (κ1) is 18.3. The molecule has 1 aromatic carbocycles. The number of carboxylic acids is 1. The molecule has 3 atom stereocenters. The molecule has 1 amide bonds. The summed E-state index contributed by atoms with van der Waals surface area (Å²) in [6.45, 7) is 4.11. The molecule has 5 aliphatic rings. The Bertz CT molecular complexity index is 1060. The van der Waals surface area contributed by atoms with Gasteiger partial charge in [0.1, 0.15) is 0 Å². The lowest BCUT2D eigenvalue weighted by molar-refractivity contribution is -0.202. The lowest BCUT2D eigenvalue weighted by Crippen LogP contribution is -2.70. The van der Waals surface area contributed by atoms with Crippen LogP contribution in [0.2, 0.25) is 0 Å². The van der Waals surface area contributed by atoms with Crippen LogP contribution in [0.1, 0.15) is 57.6 Å². The van der Waals surface area contributed by atoms with Gasteiger partial charge in [-0.3, -0.25) is 14.6 Å². The van der Waals surface area contributed by atoms with Gasteiger partial charge in [0, 0.05) is 17.6 Å². The van der Waals surface area contributed by atoms with Crippen molar-refractivity contribution in [2.45, 2.75) is 58.0 Å². The molecule has 4 bridgehead atoms. The zero-order valence-electron chi connectivity index (χ0n) is 17.5. The van der Waals surface area contributed by atoms with Crippen LogP contribution in [0.3, 0.4) is 0 Å². The van der Waals surface area contributed by atoms with Crippen molar-refractivity contribution in [3.8, 4) is 0 Å². The lowest BCUT2D eigenvalue weighted by atomic mass is 9.47. The minimum absolute atomic E-state index is 0.0150. The molecule has 4 aliphatic carbocycles. The predicted molar refractivity (Wildman–Crippen MR) is 113 cm³/mol. The van der Waals surface area contributed by atoms with Crippen molar-refractivity contribution in [3.63, 3.8) is 0 Å². The molecule has 5 fully saturated rings. The summed E-state index contributed by atoms with van der Waals surface area (Å²) in [6.07, 6.45) is 6.29. The maximum Gasteiger partial charge on any atom is 0.309 e. The summed E-state index contributed by atoms with van der Waals surface area (Å²) in [5.74, 6) is 0.730. The number of para-hydroxylation sites is 1. The molecule has 0 radical (unpaired) electrons. The van der Waals surface area contributed by atoms with Gasteiger partial charge in [-0.15, -0.1) is 0 Å². The fourth-order valence-corrected chi connectivity index (χ4v) is 7.76. The molecule has 2 aromatic rings. The van der Waals surface area contributed by atoms with Gasteiger partial charge >= 0.3 is 5.97 Å². The molecule has 4 saturated carbocycles. The predicted octanol–water partition coefficient (Wildman–Crippen LogP) is 4.42. The minimum atomic E-state index is -0.618. The van der Waals surface area contributed by atoms with Gasteiger partial charge in [-0.25, -0.2) is 0 Å². The summed E-state index contributed by atoms with van der Waals surface area (Å²) in [7, 11) is 0. The fourth-order valence-electron chi connectivity index (χ4n) is 7.76. The summed E-state index contributed by atoms with van der Waals surface area (Å²) < 4.78 is 0. The SMILES string of the molecule is CC1(C)C(=O)N([C@H]2C3CC4CC2C[C@](C(=O)O)(C4)C3)C1c1ccnc2ccccc12. The number of likely N-dealkylation sites (tertiary alicyclic amines) is 1. The number of nitrogens with zero attached hydrogens (tertiary/aromatic N) is 2. The van der Waals surface area contributed by atoms with Gasteiger partial charge in [-0.2, -0.15) is 0 Å². The van der Waals surface area contributed by atoms with Gasteiger partial charge in [0.2, 0.25) is 5.91 Å². The van der Waals surface area contributed by atoms with Crippen LogP contribution in [-0.4, -0.2) is 32.9 Å². The molecule has 2 heterocycles. The zero-order chi connectivity index (χ0) is 20.8. The summed E-state index contributed by atoms with van der Waals surface area (Å²) in [5, 5.41) is 11.1. The van der Waals surface area contributed by atoms with Crippen LogP contribution in [0.5, 0.6) is 0 Å². The summed E-state index contributed by atoms with van der Waals surface area (Å²) in [4.78, 5) is 32.2. The van der Waals surface area contributed by atoms with E-state index in [1.807, 2.05) is 24.4 Å². The molecule has 3 unspecified atom stereocenters. The monoisotopic (exact) mass is 404 g/mol. The van der Waals surface area contributed by atoms with Gasteiger partial charge < -0.3 is 10.0 Å². The molecular weight excluding hydrogens is 376 g/mol. The first-order chi connectivity index (χ1) is 14.3. The minimum Gasteiger partial charge on any atom is -0.481 e. The number of aromatic nitrogens is 1. The van der Waals surface area contributed by atoms with E-state index < -0.39 is 16.8 Å². The first-order valence-corrected chi connectivity index (χ1v) is 11.2. The van der Waals surface area contributed by atoms with Crippen LogP contribution in [0.4, 0.5) is 0 Å². The van der Waals surface area contributed by atoms with Gasteiger partial charge in [0.25, 0.3) is 0 Å². The second-order valence-electron chi connectivity index (χ2n) is 10.8. The third-order valence-electron chi connectivity index (χ3n) is 8.72. The molecule has 7 rings (SSSR count). The number of β-lactam (4-membered cyclic amide) rings is 1. The van der Waals surface area contributed by atoms with E-state index in [9.17, 15) is 14.7 Å². The van der Waals surface area contributed by atoms with Crippen molar-refractivity contribution < 1.29 is 14.7 Å². The van der Waals surface area contributed by atoms with Crippen LogP contribution < -0.4 is 0 Å². The Morgan fingerprint density at radius 3 is 2.50 bits per heavy atom. The van der Waals surface area contributed by atoms with E-state index in [2.05, 4.69) is 35.9 Å². The summed E-state index contributed by atoms with van der Waals surface area (Å²) in [5.41, 5.74) is 1.13. The second kappa shape index (κ2) is 5.83. The number of aliphatic carboxylic acids is 1. The third kappa shape index (κ3) is 2.21. The van der Waals surface area contributed by atoms with E-state index in [0.29, 0.717) is 17.8 Å². The molecule has 1 N–H and O–H groups in total. The topological polar surface area (TPSA) is 70.5 Å². The summed E-state index contributed by atoms with van der Waals surface area (Å²) in [6, 6.07) is 10.4. The highest BCUT2D eigenvalue weighted by atomic mass is 16.4. The van der Waals surface area contributed by atoms with Crippen molar-refractivity contribution in [2.75, 3.05) is 0 Å². The largest absolute Gasteiger partial charge is 0.481 e. The fraction of sp³-hybridized carbons (Fsp3) is 0.560. The smallest absolute Gasteiger partial charge is 0.309 e. The quantitative estimate of drug-likeness (QED) is 0.769. The van der Waals surface area contributed by atoms with E-state index >= 15 is 0 Å². The Morgan fingerprint density at radius 1 is 1.10 bits per heavy atom. The van der Waals surface area contributed by atoms with Gasteiger partial charge in [-0.05, 0) is 81.4 Å². The third-order valence-corrected chi connectivity index (χ3v) is 8.72. The summed E-state index contributed by atoms with van der Waals surface area (Å²) >= 11 is 0. The number of hydrogen-bond acceptors (Lipinski definition) is 3. The Balaban J connectivity index is 1.42. The highest BCUT2D eigenvalue weighted by molar-refractivity contribution is 5.93. The van der Waals surface area contributed by atoms with Crippen molar-refractivity contribution in [3.05, 3.63) is 42.1 Å². The molecule has 156 valence electrons. The number of carboxylic acid groups (broad SMARTS) is 1. The second-order valence-corrected chi connectivity index (χ2v) is 10.8. The van der Waals surface area contributed by atoms with E-state index in [1.165, 1.54) is 5.56 Å². The standard InChI is InChI=1S/C25H28N2O3/c1-24(2)21(18-7-8-26-19-6-4-3-5-17(18)19)27(22(24)28)20-15-9-14-10-16(20)13-25(11-14,12-15)23(29)30/h3-8,14-16,20-21H,9-13H2,1-2H3,(H,29,30)/t14?,15?,16?,20-,21?,25-. The van der Waals surface area contributed by atoms with Crippen molar-refractivity contribution in [1.82, 2.24) is 9.88 Å². The van der Waals surface area contributed by atoms with Crippen LogP contribution in [0.25, 0.3) is 10.9 Å². The van der Waals surface area contributed by atoms with Crippen LogP contribution >= 0.6 is 0 Å². The van der Waals surface area contributed by atoms with E-state index in [0.717, 1.165) is 43.0 Å². The Labute approximate surface area is 176 Å².